The normalized spacial score (nSPS) is 11.3. The van der Waals surface area contributed by atoms with Gasteiger partial charge in [-0.3, -0.25) is 15.0 Å². The summed E-state index contributed by atoms with van der Waals surface area (Å²) < 4.78 is 4.94. The summed E-state index contributed by atoms with van der Waals surface area (Å²) in [5.41, 5.74) is 0.725. The van der Waals surface area contributed by atoms with E-state index in [2.05, 4.69) is 24.3 Å². The zero-order valence-corrected chi connectivity index (χ0v) is 11.8. The average molecular weight is 269 g/mol. The number of aliphatic hydroxyl groups excluding tert-OH is 1. The molecule has 19 heavy (non-hydrogen) atoms. The van der Waals surface area contributed by atoms with Gasteiger partial charge in [0.1, 0.15) is 0 Å². The molecule has 0 atom stereocenters. The first kappa shape index (κ1) is 15.7. The second-order valence-electron chi connectivity index (χ2n) is 4.55. The van der Waals surface area contributed by atoms with E-state index < -0.39 is 0 Å². The molecule has 0 radical (unpaired) electrons. The van der Waals surface area contributed by atoms with Gasteiger partial charge in [0.25, 0.3) is 0 Å². The van der Waals surface area contributed by atoms with Crippen molar-refractivity contribution >= 4 is 11.8 Å². The van der Waals surface area contributed by atoms with Gasteiger partial charge in [0, 0.05) is 18.7 Å². The van der Waals surface area contributed by atoms with Crippen LogP contribution in [0.1, 0.15) is 32.4 Å². The van der Waals surface area contributed by atoms with Gasteiger partial charge in [-0.25, -0.2) is 0 Å². The third-order valence-corrected chi connectivity index (χ3v) is 3.08. The number of carbonyl (C=O) groups is 1. The maximum atomic E-state index is 11.9. The average Bonchev–Trinajstić information content (AvgIpc) is 2.76. The van der Waals surface area contributed by atoms with Crippen molar-refractivity contribution in [2.24, 2.45) is 0 Å². The lowest BCUT2D eigenvalue weighted by atomic mass is 10.1. The van der Waals surface area contributed by atoms with Crippen molar-refractivity contribution in [2.75, 3.05) is 25.0 Å². The highest BCUT2D eigenvalue weighted by Gasteiger charge is 2.18. The van der Waals surface area contributed by atoms with Gasteiger partial charge in [0.05, 0.1) is 18.8 Å². The minimum atomic E-state index is -0.156. The fourth-order valence-electron chi connectivity index (χ4n) is 2.11. The smallest absolute Gasteiger partial charge is 0.240 e. The van der Waals surface area contributed by atoms with E-state index in [9.17, 15) is 4.79 Å². The van der Waals surface area contributed by atoms with Crippen molar-refractivity contribution in [3.63, 3.8) is 0 Å². The Labute approximate surface area is 113 Å². The second-order valence-corrected chi connectivity index (χ2v) is 4.55. The monoisotopic (exact) mass is 269 g/mol. The molecule has 1 heterocycles. The number of hydrogen-bond donors (Lipinski definition) is 2. The molecule has 1 aromatic heterocycles. The molecule has 6 nitrogen and oxygen atoms in total. The highest BCUT2D eigenvalue weighted by molar-refractivity contribution is 5.90. The second kappa shape index (κ2) is 7.91. The van der Waals surface area contributed by atoms with Gasteiger partial charge in [-0.2, -0.15) is 0 Å². The van der Waals surface area contributed by atoms with Crippen LogP contribution in [0.4, 0.5) is 5.88 Å². The van der Waals surface area contributed by atoms with Crippen molar-refractivity contribution in [3.8, 4) is 0 Å². The Bertz CT molecular complexity index is 388. The molecule has 6 heteroatoms. The zero-order valence-electron chi connectivity index (χ0n) is 11.8. The minimum absolute atomic E-state index is 0.0468. The molecule has 1 amide bonds. The Morgan fingerprint density at radius 3 is 2.68 bits per heavy atom. The van der Waals surface area contributed by atoms with Gasteiger partial charge >= 0.3 is 0 Å². The van der Waals surface area contributed by atoms with Crippen LogP contribution in [-0.4, -0.2) is 46.8 Å². The number of nitrogens with one attached hydrogen (secondary N) is 1. The Kier molecular flexibility index (Phi) is 6.52. The lowest BCUT2D eigenvalue weighted by Gasteiger charge is -2.28. The quantitative estimate of drug-likeness (QED) is 0.746. The lowest BCUT2D eigenvalue weighted by molar-refractivity contribution is -0.118. The molecule has 0 spiro atoms. The van der Waals surface area contributed by atoms with Crippen molar-refractivity contribution in [3.05, 3.63) is 11.8 Å². The van der Waals surface area contributed by atoms with E-state index in [1.807, 2.05) is 4.90 Å². The highest BCUT2D eigenvalue weighted by Crippen LogP contribution is 2.10. The molecule has 0 aromatic carbocycles. The summed E-state index contributed by atoms with van der Waals surface area (Å²) >= 11 is 0. The maximum absolute atomic E-state index is 11.9. The fourth-order valence-corrected chi connectivity index (χ4v) is 2.11. The van der Waals surface area contributed by atoms with Crippen LogP contribution < -0.4 is 5.32 Å². The van der Waals surface area contributed by atoms with E-state index in [1.54, 1.807) is 13.0 Å². The van der Waals surface area contributed by atoms with Gasteiger partial charge in [0.15, 0.2) is 0 Å². The molecule has 0 fully saturated rings. The van der Waals surface area contributed by atoms with Crippen molar-refractivity contribution in [1.82, 2.24) is 10.1 Å². The van der Waals surface area contributed by atoms with Crippen molar-refractivity contribution in [1.29, 1.82) is 0 Å². The number of amides is 1. The molecule has 2 N–H and O–H groups in total. The molecule has 108 valence electrons. The molecule has 0 aliphatic rings. The molecule has 0 saturated heterocycles. The molecule has 0 bridgehead atoms. The van der Waals surface area contributed by atoms with Crippen molar-refractivity contribution < 1.29 is 14.4 Å². The van der Waals surface area contributed by atoms with E-state index in [-0.39, 0.29) is 19.1 Å². The predicted octanol–water partition coefficient (Wildman–Crippen LogP) is 1.40. The third kappa shape index (κ3) is 5.00. The molecule has 0 aliphatic heterocycles. The first-order valence-corrected chi connectivity index (χ1v) is 6.68. The lowest BCUT2D eigenvalue weighted by Crippen LogP contribution is -2.42. The van der Waals surface area contributed by atoms with Crippen LogP contribution in [0.15, 0.2) is 10.6 Å². The summed E-state index contributed by atoms with van der Waals surface area (Å²) in [7, 11) is 0. The SMILES string of the molecule is CCC(CC)N(CCO)CC(=O)Nc1cc(C)no1. The third-order valence-electron chi connectivity index (χ3n) is 3.08. The first-order valence-electron chi connectivity index (χ1n) is 6.68. The fraction of sp³-hybridized carbons (Fsp3) is 0.692. The molecular weight excluding hydrogens is 246 g/mol. The van der Waals surface area contributed by atoms with Gasteiger partial charge in [-0.05, 0) is 19.8 Å². The summed E-state index contributed by atoms with van der Waals surface area (Å²) in [6.45, 7) is 6.74. The molecular formula is C13H23N3O3. The Morgan fingerprint density at radius 2 is 2.21 bits per heavy atom. The van der Waals surface area contributed by atoms with Gasteiger partial charge in [-0.15, -0.1) is 0 Å². The highest BCUT2D eigenvalue weighted by atomic mass is 16.5. The predicted molar refractivity (Wildman–Crippen MR) is 72.9 cm³/mol. The van der Waals surface area contributed by atoms with Gasteiger partial charge in [0.2, 0.25) is 11.8 Å². The molecule has 1 aromatic rings. The molecule has 0 saturated carbocycles. The Morgan fingerprint density at radius 1 is 1.53 bits per heavy atom. The summed E-state index contributed by atoms with van der Waals surface area (Å²) in [5, 5.41) is 15.5. The summed E-state index contributed by atoms with van der Waals surface area (Å²) in [6, 6.07) is 1.97. The zero-order chi connectivity index (χ0) is 14.3. The number of hydrogen-bond acceptors (Lipinski definition) is 5. The summed E-state index contributed by atoms with van der Waals surface area (Å²) in [4.78, 5) is 13.9. The van der Waals surface area contributed by atoms with Crippen LogP contribution in [-0.2, 0) is 4.79 Å². The number of aryl methyl sites for hydroxylation is 1. The van der Waals surface area contributed by atoms with Crippen LogP contribution in [0.2, 0.25) is 0 Å². The number of aromatic nitrogens is 1. The number of nitrogens with zero attached hydrogens (tertiary/aromatic N) is 2. The molecule has 0 unspecified atom stereocenters. The van der Waals surface area contributed by atoms with E-state index in [0.717, 1.165) is 18.5 Å². The topological polar surface area (TPSA) is 78.6 Å². The first-order chi connectivity index (χ1) is 9.10. The summed E-state index contributed by atoms with van der Waals surface area (Å²) in [5.74, 6) is 0.201. The standard InChI is InChI=1S/C13H23N3O3/c1-4-11(5-2)16(6-7-17)9-12(18)14-13-8-10(3)15-19-13/h8,11,17H,4-7,9H2,1-3H3,(H,14,18). The van der Waals surface area contributed by atoms with E-state index in [0.29, 0.717) is 18.5 Å². The van der Waals surface area contributed by atoms with E-state index >= 15 is 0 Å². The minimum Gasteiger partial charge on any atom is -0.395 e. The van der Waals surface area contributed by atoms with Crippen LogP contribution in [0.3, 0.4) is 0 Å². The summed E-state index contributed by atoms with van der Waals surface area (Å²) in [6.07, 6.45) is 1.90. The van der Waals surface area contributed by atoms with E-state index in [1.165, 1.54) is 0 Å². The van der Waals surface area contributed by atoms with Gasteiger partial charge < -0.3 is 9.63 Å². The molecule has 1 rings (SSSR count). The number of aliphatic hydroxyl groups is 1. The molecule has 0 aliphatic carbocycles. The van der Waals surface area contributed by atoms with E-state index in [4.69, 9.17) is 9.63 Å². The Balaban J connectivity index is 2.55. The Hall–Kier alpha value is -1.40. The number of carbonyl (C=O) groups excluding carboxylic acids is 1. The van der Waals surface area contributed by atoms with Gasteiger partial charge in [-0.1, -0.05) is 19.0 Å². The maximum Gasteiger partial charge on any atom is 0.240 e. The van der Waals surface area contributed by atoms with Crippen LogP contribution in [0.5, 0.6) is 0 Å². The number of rotatable bonds is 8. The van der Waals surface area contributed by atoms with Crippen LogP contribution in [0.25, 0.3) is 0 Å². The van der Waals surface area contributed by atoms with Crippen molar-refractivity contribution in [2.45, 2.75) is 39.7 Å². The number of anilines is 1. The largest absolute Gasteiger partial charge is 0.395 e. The van der Waals surface area contributed by atoms with Crippen LogP contribution >= 0.6 is 0 Å². The van der Waals surface area contributed by atoms with Crippen LogP contribution in [0, 0.1) is 6.92 Å².